The van der Waals surface area contributed by atoms with Crippen molar-refractivity contribution < 1.29 is 5.11 Å². The number of rotatable bonds is 5. The van der Waals surface area contributed by atoms with Gasteiger partial charge in [0.15, 0.2) is 0 Å². The third-order valence-corrected chi connectivity index (χ3v) is 3.01. The van der Waals surface area contributed by atoms with Crippen molar-refractivity contribution in [2.24, 2.45) is 0 Å². The van der Waals surface area contributed by atoms with E-state index >= 15 is 0 Å². The number of thiol groups is 1. The first-order chi connectivity index (χ1) is 6.33. The number of hydrogen-bond acceptors (Lipinski definition) is 3. The number of aliphatic hydroxyl groups is 1. The zero-order valence-corrected chi connectivity index (χ0v) is 9.18. The summed E-state index contributed by atoms with van der Waals surface area (Å²) in [5, 5.41) is 9.30. The lowest BCUT2D eigenvalue weighted by Gasteiger charge is -2.29. The summed E-state index contributed by atoms with van der Waals surface area (Å²) in [5.74, 6) is 1.01. The van der Waals surface area contributed by atoms with Gasteiger partial charge in [0.25, 0.3) is 0 Å². The molecule has 0 aromatic heterocycles. The summed E-state index contributed by atoms with van der Waals surface area (Å²) >= 11 is 4.19. The second kappa shape index (κ2) is 6.68. The molecule has 0 bridgehead atoms. The van der Waals surface area contributed by atoms with Gasteiger partial charge in [-0.1, -0.05) is 6.42 Å². The molecule has 13 heavy (non-hydrogen) atoms. The number of likely N-dealkylation sites (tertiary alicyclic amines) is 1. The van der Waals surface area contributed by atoms with Crippen LogP contribution in [0.5, 0.6) is 0 Å². The molecule has 0 aromatic carbocycles. The van der Waals surface area contributed by atoms with Crippen LogP contribution >= 0.6 is 12.6 Å². The molecule has 2 nitrogen and oxygen atoms in total. The van der Waals surface area contributed by atoms with Crippen LogP contribution in [0.1, 0.15) is 32.1 Å². The maximum atomic E-state index is 9.30. The summed E-state index contributed by atoms with van der Waals surface area (Å²) in [6.07, 6.45) is 5.71. The number of piperidine rings is 1. The molecule has 1 aliphatic heterocycles. The summed E-state index contributed by atoms with van der Waals surface area (Å²) < 4.78 is 0. The van der Waals surface area contributed by atoms with Gasteiger partial charge < -0.3 is 10.0 Å². The lowest BCUT2D eigenvalue weighted by molar-refractivity contribution is 0.0818. The molecule has 1 heterocycles. The molecule has 0 radical (unpaired) electrons. The maximum Gasteiger partial charge on any atom is 0.0564 e. The molecule has 78 valence electrons. The minimum Gasteiger partial charge on any atom is -0.393 e. The number of aliphatic hydroxyl groups excluding tert-OH is 1. The quantitative estimate of drug-likeness (QED) is 0.523. The molecule has 0 aliphatic carbocycles. The van der Waals surface area contributed by atoms with E-state index in [0.29, 0.717) is 0 Å². The summed E-state index contributed by atoms with van der Waals surface area (Å²) in [5.41, 5.74) is 0. The lowest BCUT2D eigenvalue weighted by Crippen LogP contribution is -2.36. The SMILES string of the molecule is OC1CCN(CCCCCS)CC1. The van der Waals surface area contributed by atoms with E-state index in [9.17, 15) is 5.11 Å². The van der Waals surface area contributed by atoms with E-state index < -0.39 is 0 Å². The molecule has 3 heteroatoms. The number of hydrogen-bond donors (Lipinski definition) is 2. The van der Waals surface area contributed by atoms with Crippen LogP contribution in [0.2, 0.25) is 0 Å². The van der Waals surface area contributed by atoms with Crippen LogP contribution in [0.15, 0.2) is 0 Å². The molecule has 1 rings (SSSR count). The van der Waals surface area contributed by atoms with Crippen LogP contribution < -0.4 is 0 Å². The highest BCUT2D eigenvalue weighted by Gasteiger charge is 2.15. The average Bonchev–Trinajstić information content (AvgIpc) is 2.15. The Morgan fingerprint density at radius 1 is 1.15 bits per heavy atom. The van der Waals surface area contributed by atoms with Crippen LogP contribution in [0.25, 0.3) is 0 Å². The van der Waals surface area contributed by atoms with Crippen molar-refractivity contribution in [3.05, 3.63) is 0 Å². The molecule has 0 aromatic rings. The fourth-order valence-electron chi connectivity index (χ4n) is 1.77. The lowest BCUT2D eigenvalue weighted by atomic mass is 10.1. The van der Waals surface area contributed by atoms with E-state index in [4.69, 9.17) is 0 Å². The Morgan fingerprint density at radius 3 is 2.46 bits per heavy atom. The zero-order valence-electron chi connectivity index (χ0n) is 8.28. The molecule has 0 saturated carbocycles. The summed E-state index contributed by atoms with van der Waals surface area (Å²) in [6, 6.07) is 0. The van der Waals surface area contributed by atoms with Gasteiger partial charge in [-0.2, -0.15) is 12.6 Å². The van der Waals surface area contributed by atoms with Crippen molar-refractivity contribution in [1.82, 2.24) is 4.90 Å². The Hall–Kier alpha value is 0.270. The van der Waals surface area contributed by atoms with E-state index in [2.05, 4.69) is 17.5 Å². The topological polar surface area (TPSA) is 23.5 Å². The van der Waals surface area contributed by atoms with Gasteiger partial charge in [-0.25, -0.2) is 0 Å². The first kappa shape index (κ1) is 11.3. The standard InChI is InChI=1S/C10H21NOS/c12-10-4-7-11(8-5-10)6-2-1-3-9-13/h10,12-13H,1-9H2. The van der Waals surface area contributed by atoms with Crippen molar-refractivity contribution in [3.8, 4) is 0 Å². The van der Waals surface area contributed by atoms with E-state index in [-0.39, 0.29) is 6.10 Å². The van der Waals surface area contributed by atoms with Crippen molar-refractivity contribution in [2.75, 3.05) is 25.4 Å². The highest BCUT2D eigenvalue weighted by molar-refractivity contribution is 7.80. The smallest absolute Gasteiger partial charge is 0.0564 e. The van der Waals surface area contributed by atoms with Crippen molar-refractivity contribution in [2.45, 2.75) is 38.2 Å². The van der Waals surface area contributed by atoms with Crippen LogP contribution in [0.4, 0.5) is 0 Å². The van der Waals surface area contributed by atoms with E-state index in [1.807, 2.05) is 0 Å². The van der Waals surface area contributed by atoms with Crippen molar-refractivity contribution in [1.29, 1.82) is 0 Å². The monoisotopic (exact) mass is 203 g/mol. The Morgan fingerprint density at radius 2 is 1.85 bits per heavy atom. The minimum absolute atomic E-state index is 0.0336. The number of nitrogens with zero attached hydrogens (tertiary/aromatic N) is 1. The van der Waals surface area contributed by atoms with Gasteiger partial charge in [-0.3, -0.25) is 0 Å². The molecule has 1 aliphatic rings. The predicted octanol–water partition coefficient (Wildman–Crippen LogP) is 1.54. The van der Waals surface area contributed by atoms with Gasteiger partial charge in [-0.05, 0) is 38.0 Å². The fraction of sp³-hybridized carbons (Fsp3) is 1.00. The van der Waals surface area contributed by atoms with Crippen molar-refractivity contribution >= 4 is 12.6 Å². The molecule has 0 spiro atoms. The molecule has 0 unspecified atom stereocenters. The zero-order chi connectivity index (χ0) is 9.52. The summed E-state index contributed by atoms with van der Waals surface area (Å²) in [7, 11) is 0. The van der Waals surface area contributed by atoms with Gasteiger partial charge in [0.05, 0.1) is 6.10 Å². The Balaban J connectivity index is 1.96. The third-order valence-electron chi connectivity index (χ3n) is 2.69. The van der Waals surface area contributed by atoms with E-state index in [1.165, 1.54) is 25.8 Å². The molecular weight excluding hydrogens is 182 g/mol. The molecule has 1 saturated heterocycles. The van der Waals surface area contributed by atoms with Crippen molar-refractivity contribution in [3.63, 3.8) is 0 Å². The van der Waals surface area contributed by atoms with Crippen LogP contribution in [-0.2, 0) is 0 Å². The van der Waals surface area contributed by atoms with Crippen LogP contribution in [0, 0.1) is 0 Å². The largest absolute Gasteiger partial charge is 0.393 e. The number of unbranched alkanes of at least 4 members (excludes halogenated alkanes) is 2. The normalized spacial score (nSPS) is 20.8. The Labute approximate surface area is 86.7 Å². The molecular formula is C10H21NOS. The van der Waals surface area contributed by atoms with Gasteiger partial charge in [0, 0.05) is 13.1 Å². The van der Waals surface area contributed by atoms with Crippen LogP contribution in [-0.4, -0.2) is 41.5 Å². The van der Waals surface area contributed by atoms with Gasteiger partial charge in [0.1, 0.15) is 0 Å². The van der Waals surface area contributed by atoms with Gasteiger partial charge in [0.2, 0.25) is 0 Å². The average molecular weight is 203 g/mol. The molecule has 1 fully saturated rings. The third kappa shape index (κ3) is 4.89. The molecule has 0 amide bonds. The van der Waals surface area contributed by atoms with Gasteiger partial charge in [-0.15, -0.1) is 0 Å². The summed E-state index contributed by atoms with van der Waals surface area (Å²) in [4.78, 5) is 2.46. The Kier molecular flexibility index (Phi) is 5.83. The first-order valence-corrected chi connectivity index (χ1v) is 5.97. The second-order valence-corrected chi connectivity index (χ2v) is 4.30. The predicted molar refractivity (Wildman–Crippen MR) is 59.4 cm³/mol. The van der Waals surface area contributed by atoms with E-state index in [0.717, 1.165) is 31.7 Å². The molecule has 1 N–H and O–H groups in total. The highest BCUT2D eigenvalue weighted by atomic mass is 32.1. The van der Waals surface area contributed by atoms with Crippen LogP contribution in [0.3, 0.4) is 0 Å². The molecule has 0 atom stereocenters. The summed E-state index contributed by atoms with van der Waals surface area (Å²) in [6.45, 7) is 3.38. The minimum atomic E-state index is -0.0336. The Bertz CT molecular complexity index is 124. The highest BCUT2D eigenvalue weighted by Crippen LogP contribution is 2.10. The first-order valence-electron chi connectivity index (χ1n) is 5.34. The maximum absolute atomic E-state index is 9.30. The van der Waals surface area contributed by atoms with E-state index in [1.54, 1.807) is 0 Å². The van der Waals surface area contributed by atoms with Gasteiger partial charge >= 0.3 is 0 Å². The fourth-order valence-corrected chi connectivity index (χ4v) is 1.99. The second-order valence-electron chi connectivity index (χ2n) is 3.86.